The Kier molecular flexibility index (Phi) is 5.42. The van der Waals surface area contributed by atoms with Crippen molar-refractivity contribution in [3.8, 4) is 0 Å². The van der Waals surface area contributed by atoms with Crippen LogP contribution < -0.4 is 5.32 Å². The van der Waals surface area contributed by atoms with E-state index < -0.39 is 11.0 Å². The summed E-state index contributed by atoms with van der Waals surface area (Å²) in [4.78, 5) is 10.0. The average Bonchev–Trinajstić information content (AvgIpc) is 2.93. The molecule has 0 radical (unpaired) electrons. The molecule has 21 heavy (non-hydrogen) atoms. The smallest absolute Gasteiger partial charge is 0.306 e. The average molecular weight is 290 g/mol. The molecule has 1 aromatic carbocycles. The van der Waals surface area contributed by atoms with Crippen molar-refractivity contribution in [2.45, 2.75) is 19.1 Å². The Labute approximate surface area is 122 Å². The molecule has 112 valence electrons. The van der Waals surface area contributed by atoms with Crippen molar-refractivity contribution in [3.05, 3.63) is 58.4 Å². The van der Waals surface area contributed by atoms with Crippen molar-refractivity contribution in [2.75, 3.05) is 13.1 Å². The maximum atomic E-state index is 10.5. The van der Waals surface area contributed by atoms with Crippen LogP contribution in [0.25, 0.3) is 0 Å². The summed E-state index contributed by atoms with van der Waals surface area (Å²) in [6.45, 7) is 1.41. The Balaban J connectivity index is 1.67. The molecule has 1 heterocycles. The summed E-state index contributed by atoms with van der Waals surface area (Å²) >= 11 is 0. The Hall–Kier alpha value is -2.25. The van der Waals surface area contributed by atoms with E-state index in [0.717, 1.165) is 13.0 Å². The van der Waals surface area contributed by atoms with Gasteiger partial charge in [0.05, 0.1) is 17.6 Å². The second kappa shape index (κ2) is 7.51. The van der Waals surface area contributed by atoms with Crippen molar-refractivity contribution >= 4 is 5.69 Å². The molecule has 0 saturated carbocycles. The van der Waals surface area contributed by atoms with Gasteiger partial charge in [0, 0.05) is 6.54 Å². The first-order valence-corrected chi connectivity index (χ1v) is 6.74. The lowest BCUT2D eigenvalue weighted by molar-refractivity contribution is -0.385. The van der Waals surface area contributed by atoms with Gasteiger partial charge in [-0.05, 0) is 18.5 Å². The second-order valence-electron chi connectivity index (χ2n) is 4.77. The molecule has 1 aromatic heterocycles. The van der Waals surface area contributed by atoms with Gasteiger partial charge in [-0.15, -0.1) is 0 Å². The van der Waals surface area contributed by atoms with E-state index in [1.165, 1.54) is 22.6 Å². The van der Waals surface area contributed by atoms with Gasteiger partial charge in [0.1, 0.15) is 12.4 Å². The number of nitro groups is 1. The number of nitrogens with one attached hydrogen (secondary N) is 1. The first kappa shape index (κ1) is 15.1. The second-order valence-corrected chi connectivity index (χ2v) is 4.77. The van der Waals surface area contributed by atoms with E-state index in [4.69, 9.17) is 0 Å². The largest absolute Gasteiger partial charge is 0.390 e. The Morgan fingerprint density at radius 1 is 1.38 bits per heavy atom. The van der Waals surface area contributed by atoms with Crippen LogP contribution in [-0.2, 0) is 13.0 Å². The van der Waals surface area contributed by atoms with Crippen molar-refractivity contribution < 1.29 is 10.0 Å². The maximum absolute atomic E-state index is 10.5. The molecule has 0 aliphatic heterocycles. The standard InChI is InChI=1S/C14H18N4O3/c19-14(11-17-10-13(8-16-17)18(20)21)9-15-7-6-12-4-2-1-3-5-12/h1-5,8,10,14-15,19H,6-7,9,11H2. The van der Waals surface area contributed by atoms with Crippen LogP contribution in [0.3, 0.4) is 0 Å². The minimum atomic E-state index is -0.639. The van der Waals surface area contributed by atoms with Crippen LogP contribution >= 0.6 is 0 Å². The molecule has 7 heteroatoms. The zero-order chi connectivity index (χ0) is 15.1. The van der Waals surface area contributed by atoms with Gasteiger partial charge in [0.15, 0.2) is 0 Å². The van der Waals surface area contributed by atoms with Crippen LogP contribution in [0.1, 0.15) is 5.56 Å². The molecule has 2 N–H and O–H groups in total. The van der Waals surface area contributed by atoms with Gasteiger partial charge in [-0.25, -0.2) is 0 Å². The highest BCUT2D eigenvalue weighted by molar-refractivity contribution is 5.20. The predicted molar refractivity (Wildman–Crippen MR) is 77.9 cm³/mol. The Morgan fingerprint density at radius 2 is 2.14 bits per heavy atom. The van der Waals surface area contributed by atoms with Crippen molar-refractivity contribution in [2.24, 2.45) is 0 Å². The van der Waals surface area contributed by atoms with Gasteiger partial charge in [0.2, 0.25) is 0 Å². The fraction of sp³-hybridized carbons (Fsp3) is 0.357. The molecule has 0 spiro atoms. The van der Waals surface area contributed by atoms with Crippen molar-refractivity contribution in [1.82, 2.24) is 15.1 Å². The Morgan fingerprint density at radius 3 is 2.81 bits per heavy atom. The van der Waals surface area contributed by atoms with Crippen LogP contribution in [0.4, 0.5) is 5.69 Å². The molecule has 2 aromatic rings. The summed E-state index contributed by atoms with van der Waals surface area (Å²) in [5, 5.41) is 27.4. The fourth-order valence-electron chi connectivity index (χ4n) is 1.97. The van der Waals surface area contributed by atoms with Crippen LogP contribution in [0.5, 0.6) is 0 Å². The lowest BCUT2D eigenvalue weighted by Crippen LogP contribution is -2.31. The molecule has 1 atom stereocenters. The molecule has 0 aliphatic carbocycles. The third-order valence-corrected chi connectivity index (χ3v) is 3.04. The number of hydrogen-bond acceptors (Lipinski definition) is 5. The summed E-state index contributed by atoms with van der Waals surface area (Å²) in [5.41, 5.74) is 1.17. The van der Waals surface area contributed by atoms with Crippen LogP contribution in [-0.4, -0.2) is 39.0 Å². The molecule has 0 amide bonds. The lowest BCUT2D eigenvalue weighted by atomic mass is 10.1. The van der Waals surface area contributed by atoms with Gasteiger partial charge >= 0.3 is 5.69 Å². The number of nitrogens with zero attached hydrogens (tertiary/aromatic N) is 3. The fourth-order valence-corrected chi connectivity index (χ4v) is 1.97. The molecule has 0 aliphatic rings. The molecule has 2 rings (SSSR count). The van der Waals surface area contributed by atoms with Gasteiger partial charge in [-0.3, -0.25) is 14.8 Å². The van der Waals surface area contributed by atoms with E-state index >= 15 is 0 Å². The number of benzene rings is 1. The van der Waals surface area contributed by atoms with E-state index in [2.05, 4.69) is 22.5 Å². The minimum absolute atomic E-state index is 0.0702. The van der Waals surface area contributed by atoms with E-state index in [0.29, 0.717) is 6.54 Å². The predicted octanol–water partition coefficient (Wildman–Crippen LogP) is 0.984. The minimum Gasteiger partial charge on any atom is -0.390 e. The zero-order valence-electron chi connectivity index (χ0n) is 11.6. The van der Waals surface area contributed by atoms with E-state index in [1.54, 1.807) is 0 Å². The number of aromatic nitrogens is 2. The zero-order valence-corrected chi connectivity index (χ0v) is 11.6. The molecule has 0 fully saturated rings. The highest BCUT2D eigenvalue weighted by atomic mass is 16.6. The molecule has 1 unspecified atom stereocenters. The molecule has 0 bridgehead atoms. The quantitative estimate of drug-likeness (QED) is 0.429. The molecule has 0 saturated heterocycles. The lowest BCUT2D eigenvalue weighted by Gasteiger charge is -2.11. The third-order valence-electron chi connectivity index (χ3n) is 3.04. The van der Waals surface area contributed by atoms with Crippen molar-refractivity contribution in [1.29, 1.82) is 0 Å². The third kappa shape index (κ3) is 4.97. The monoisotopic (exact) mass is 290 g/mol. The number of aliphatic hydroxyl groups excluding tert-OH is 1. The summed E-state index contributed by atoms with van der Waals surface area (Å²) in [7, 11) is 0. The maximum Gasteiger partial charge on any atom is 0.306 e. The van der Waals surface area contributed by atoms with E-state index in [9.17, 15) is 15.2 Å². The van der Waals surface area contributed by atoms with Gasteiger partial charge in [-0.2, -0.15) is 5.10 Å². The topological polar surface area (TPSA) is 93.2 Å². The van der Waals surface area contributed by atoms with Gasteiger partial charge < -0.3 is 10.4 Å². The summed E-state index contributed by atoms with van der Waals surface area (Å²) < 4.78 is 1.38. The Bertz CT molecular complexity index is 571. The normalized spacial score (nSPS) is 12.2. The number of aliphatic hydroxyl groups is 1. The van der Waals surface area contributed by atoms with E-state index in [-0.39, 0.29) is 12.2 Å². The van der Waals surface area contributed by atoms with Gasteiger partial charge in [0.25, 0.3) is 0 Å². The molecular formula is C14H18N4O3. The van der Waals surface area contributed by atoms with Gasteiger partial charge in [-0.1, -0.05) is 30.3 Å². The molecular weight excluding hydrogens is 272 g/mol. The summed E-state index contributed by atoms with van der Waals surface area (Å²) in [6.07, 6.45) is 2.74. The first-order valence-electron chi connectivity index (χ1n) is 6.74. The van der Waals surface area contributed by atoms with Crippen LogP contribution in [0, 0.1) is 10.1 Å². The highest BCUT2D eigenvalue weighted by Crippen LogP contribution is 2.07. The van der Waals surface area contributed by atoms with E-state index in [1.807, 2.05) is 18.2 Å². The van der Waals surface area contributed by atoms with Crippen molar-refractivity contribution in [3.63, 3.8) is 0 Å². The van der Waals surface area contributed by atoms with Crippen LogP contribution in [0.2, 0.25) is 0 Å². The SMILES string of the molecule is O=[N+]([O-])c1cnn(CC(O)CNCCc2ccccc2)c1. The highest BCUT2D eigenvalue weighted by Gasteiger charge is 2.11. The first-order chi connectivity index (χ1) is 10.1. The summed E-state index contributed by atoms with van der Waals surface area (Å²) in [5.74, 6) is 0. The number of hydrogen-bond donors (Lipinski definition) is 2. The summed E-state index contributed by atoms with van der Waals surface area (Å²) in [6, 6.07) is 10.1. The molecule has 7 nitrogen and oxygen atoms in total. The number of rotatable bonds is 8. The van der Waals surface area contributed by atoms with Crippen LogP contribution in [0.15, 0.2) is 42.7 Å².